The van der Waals surface area contributed by atoms with Crippen LogP contribution in [0.25, 0.3) is 0 Å². The maximum absolute atomic E-state index is 11.8. The van der Waals surface area contributed by atoms with Crippen LogP contribution < -0.4 is 10.1 Å². The van der Waals surface area contributed by atoms with Gasteiger partial charge in [-0.1, -0.05) is 12.1 Å². The molecule has 5 heteroatoms. The second kappa shape index (κ2) is 7.08. The van der Waals surface area contributed by atoms with Crippen molar-refractivity contribution >= 4 is 50.1 Å². The molecule has 0 aliphatic heterocycles. The minimum absolute atomic E-state index is 0.0207. The Hall–Kier alpha value is -1.08. The minimum atomic E-state index is -0.181. The molecule has 104 valence electrons. The molecule has 2 aromatic carbocycles. The zero-order valence-corrected chi connectivity index (χ0v) is 14.6. The summed E-state index contributed by atoms with van der Waals surface area (Å²) in [6.45, 7) is 1.98. The average Bonchev–Trinajstić information content (AvgIpc) is 2.37. The first-order chi connectivity index (χ1) is 9.54. The third-order valence-corrected chi connectivity index (χ3v) is 3.85. The van der Waals surface area contributed by atoms with Crippen molar-refractivity contribution in [1.82, 2.24) is 0 Å². The highest BCUT2D eigenvalue weighted by molar-refractivity contribution is 14.1. The van der Waals surface area contributed by atoms with E-state index in [0.717, 1.165) is 19.3 Å². The molecule has 0 unspecified atom stereocenters. The third kappa shape index (κ3) is 4.49. The predicted molar refractivity (Wildman–Crippen MR) is 92.2 cm³/mol. The molecule has 0 radical (unpaired) electrons. The van der Waals surface area contributed by atoms with E-state index in [1.807, 2.05) is 49.4 Å². The molecule has 1 N–H and O–H groups in total. The summed E-state index contributed by atoms with van der Waals surface area (Å²) in [6, 6.07) is 13.4. The molecule has 2 aromatic rings. The molecule has 0 heterocycles. The molecule has 0 spiro atoms. The molecule has 20 heavy (non-hydrogen) atoms. The van der Waals surface area contributed by atoms with E-state index in [0.29, 0.717) is 5.75 Å². The Bertz CT molecular complexity index is 631. The number of carbonyl (C=O) groups excluding carboxylic acids is 1. The highest BCUT2D eigenvalue weighted by Gasteiger charge is 2.06. The summed E-state index contributed by atoms with van der Waals surface area (Å²) in [5, 5.41) is 2.80. The quantitative estimate of drug-likeness (QED) is 0.709. The zero-order chi connectivity index (χ0) is 14.5. The Morgan fingerprint density at radius 3 is 2.80 bits per heavy atom. The van der Waals surface area contributed by atoms with Crippen LogP contribution in [0.4, 0.5) is 5.69 Å². The van der Waals surface area contributed by atoms with Crippen LogP contribution >= 0.6 is 38.5 Å². The van der Waals surface area contributed by atoms with Crippen molar-refractivity contribution in [3.8, 4) is 5.75 Å². The molecule has 0 fully saturated rings. The van der Waals surface area contributed by atoms with Crippen LogP contribution in [-0.4, -0.2) is 12.5 Å². The number of aryl methyl sites for hydroxylation is 1. The fourth-order valence-electron chi connectivity index (χ4n) is 1.63. The fraction of sp³-hybridized carbons (Fsp3) is 0.133. The number of amides is 1. The lowest BCUT2D eigenvalue weighted by molar-refractivity contribution is -0.118. The van der Waals surface area contributed by atoms with Gasteiger partial charge in [0.15, 0.2) is 6.61 Å². The Balaban J connectivity index is 1.92. The van der Waals surface area contributed by atoms with Crippen molar-refractivity contribution in [2.75, 3.05) is 11.9 Å². The van der Waals surface area contributed by atoms with Gasteiger partial charge in [-0.25, -0.2) is 0 Å². The summed E-state index contributed by atoms with van der Waals surface area (Å²) < 4.78 is 7.41. The normalized spacial score (nSPS) is 10.2. The van der Waals surface area contributed by atoms with Gasteiger partial charge in [-0.2, -0.15) is 0 Å². The number of benzene rings is 2. The molecule has 3 nitrogen and oxygen atoms in total. The lowest BCUT2D eigenvalue weighted by atomic mass is 10.2. The van der Waals surface area contributed by atoms with Gasteiger partial charge in [-0.3, -0.25) is 4.79 Å². The fourth-order valence-corrected chi connectivity index (χ4v) is 2.78. The van der Waals surface area contributed by atoms with Gasteiger partial charge in [0.25, 0.3) is 5.91 Å². The SMILES string of the molecule is Cc1ccc(OCC(=O)Nc2cccc(I)c2)c(Br)c1. The van der Waals surface area contributed by atoms with E-state index in [9.17, 15) is 4.79 Å². The lowest BCUT2D eigenvalue weighted by Gasteiger charge is -2.09. The van der Waals surface area contributed by atoms with Crippen LogP contribution in [0.15, 0.2) is 46.9 Å². The molecule has 1 amide bonds. The van der Waals surface area contributed by atoms with Gasteiger partial charge >= 0.3 is 0 Å². The molecule has 0 aliphatic carbocycles. The summed E-state index contributed by atoms with van der Waals surface area (Å²) in [5.41, 5.74) is 1.90. The van der Waals surface area contributed by atoms with E-state index in [-0.39, 0.29) is 12.5 Å². The third-order valence-electron chi connectivity index (χ3n) is 2.55. The summed E-state index contributed by atoms with van der Waals surface area (Å²) in [4.78, 5) is 11.8. The van der Waals surface area contributed by atoms with E-state index >= 15 is 0 Å². The number of nitrogens with one attached hydrogen (secondary N) is 1. The van der Waals surface area contributed by atoms with Gasteiger partial charge in [0.2, 0.25) is 0 Å². The van der Waals surface area contributed by atoms with Crippen molar-refractivity contribution in [3.63, 3.8) is 0 Å². The number of carbonyl (C=O) groups is 1. The predicted octanol–water partition coefficient (Wildman–Crippen LogP) is 4.38. The van der Waals surface area contributed by atoms with E-state index in [1.54, 1.807) is 0 Å². The van der Waals surface area contributed by atoms with Gasteiger partial charge in [-0.15, -0.1) is 0 Å². The van der Waals surface area contributed by atoms with Crippen molar-refractivity contribution in [1.29, 1.82) is 0 Å². The largest absolute Gasteiger partial charge is 0.483 e. The highest BCUT2D eigenvalue weighted by atomic mass is 127. The molecular weight excluding hydrogens is 433 g/mol. The minimum Gasteiger partial charge on any atom is -0.483 e. The van der Waals surface area contributed by atoms with Crippen LogP contribution in [0.5, 0.6) is 5.75 Å². The summed E-state index contributed by atoms with van der Waals surface area (Å²) in [7, 11) is 0. The monoisotopic (exact) mass is 445 g/mol. The molecule has 0 aliphatic rings. The van der Waals surface area contributed by atoms with E-state index in [2.05, 4.69) is 43.8 Å². The molecule has 0 bridgehead atoms. The second-order valence-electron chi connectivity index (χ2n) is 4.28. The highest BCUT2D eigenvalue weighted by Crippen LogP contribution is 2.25. The first-order valence-electron chi connectivity index (χ1n) is 5.99. The molecule has 0 saturated heterocycles. The first kappa shape index (κ1) is 15.3. The van der Waals surface area contributed by atoms with Crippen LogP contribution in [-0.2, 0) is 4.79 Å². The Morgan fingerprint density at radius 2 is 2.10 bits per heavy atom. The topological polar surface area (TPSA) is 38.3 Å². The zero-order valence-electron chi connectivity index (χ0n) is 10.8. The number of hydrogen-bond acceptors (Lipinski definition) is 2. The maximum Gasteiger partial charge on any atom is 0.262 e. The van der Waals surface area contributed by atoms with Crippen molar-refractivity contribution in [3.05, 3.63) is 56.1 Å². The first-order valence-corrected chi connectivity index (χ1v) is 7.86. The molecule has 0 saturated carbocycles. The number of anilines is 1. The van der Waals surface area contributed by atoms with Crippen LogP contribution in [0, 0.1) is 10.5 Å². The van der Waals surface area contributed by atoms with Gasteiger partial charge in [0.1, 0.15) is 5.75 Å². The van der Waals surface area contributed by atoms with Crippen LogP contribution in [0.3, 0.4) is 0 Å². The number of hydrogen-bond donors (Lipinski definition) is 1. The maximum atomic E-state index is 11.8. The summed E-state index contributed by atoms with van der Waals surface area (Å²) in [5.74, 6) is 0.480. The van der Waals surface area contributed by atoms with E-state index in [4.69, 9.17) is 4.74 Å². The molecule has 0 aromatic heterocycles. The second-order valence-corrected chi connectivity index (χ2v) is 6.38. The number of ether oxygens (including phenoxy) is 1. The molecular formula is C15H13BrINO2. The Labute approximate surface area is 140 Å². The van der Waals surface area contributed by atoms with Crippen LogP contribution in [0.1, 0.15) is 5.56 Å². The van der Waals surface area contributed by atoms with Gasteiger partial charge < -0.3 is 10.1 Å². The summed E-state index contributed by atoms with van der Waals surface area (Å²) >= 11 is 5.62. The smallest absolute Gasteiger partial charge is 0.262 e. The van der Waals surface area contributed by atoms with E-state index in [1.165, 1.54) is 0 Å². The van der Waals surface area contributed by atoms with E-state index < -0.39 is 0 Å². The van der Waals surface area contributed by atoms with Gasteiger partial charge in [0, 0.05) is 9.26 Å². The van der Waals surface area contributed by atoms with Gasteiger partial charge in [-0.05, 0) is 81.3 Å². The molecule has 2 rings (SSSR count). The van der Waals surface area contributed by atoms with Crippen LogP contribution in [0.2, 0.25) is 0 Å². The lowest BCUT2D eigenvalue weighted by Crippen LogP contribution is -2.20. The Morgan fingerprint density at radius 1 is 1.30 bits per heavy atom. The number of rotatable bonds is 4. The summed E-state index contributed by atoms with van der Waals surface area (Å²) in [6.07, 6.45) is 0. The standard InChI is InChI=1S/C15H13BrINO2/c1-10-5-6-14(13(16)7-10)20-9-15(19)18-12-4-2-3-11(17)8-12/h2-8H,9H2,1H3,(H,18,19). The van der Waals surface area contributed by atoms with Gasteiger partial charge in [0.05, 0.1) is 4.47 Å². The van der Waals surface area contributed by atoms with Crippen molar-refractivity contribution in [2.45, 2.75) is 6.92 Å². The average molecular weight is 446 g/mol. The Kier molecular flexibility index (Phi) is 5.42. The van der Waals surface area contributed by atoms with Crippen molar-refractivity contribution in [2.24, 2.45) is 0 Å². The van der Waals surface area contributed by atoms with Crippen molar-refractivity contribution < 1.29 is 9.53 Å². The number of halogens is 2. The molecule has 0 atom stereocenters.